The third-order valence-corrected chi connectivity index (χ3v) is 5.93. The van der Waals surface area contributed by atoms with Crippen molar-refractivity contribution in [3.8, 4) is 40.0 Å². The molecule has 6 rings (SSSR count). The Labute approximate surface area is 183 Å². The van der Waals surface area contributed by atoms with Crippen molar-refractivity contribution in [2.45, 2.75) is 25.7 Å². The van der Waals surface area contributed by atoms with Crippen molar-refractivity contribution in [2.24, 2.45) is 0 Å². The third-order valence-electron chi connectivity index (χ3n) is 5.93. The second-order valence-electron chi connectivity index (χ2n) is 8.02. The molecule has 0 amide bonds. The number of aromatic nitrogens is 5. The fourth-order valence-electron chi connectivity index (χ4n) is 4.26. The molecule has 2 aromatic carbocycles. The van der Waals surface area contributed by atoms with E-state index in [-0.39, 0.29) is 5.88 Å². The van der Waals surface area contributed by atoms with Crippen LogP contribution in [0.2, 0.25) is 0 Å². The van der Waals surface area contributed by atoms with Crippen molar-refractivity contribution in [3.63, 3.8) is 0 Å². The Balaban J connectivity index is 1.59. The van der Waals surface area contributed by atoms with Crippen LogP contribution in [0.1, 0.15) is 30.3 Å². The number of benzene rings is 2. The molecule has 1 saturated carbocycles. The zero-order valence-electron chi connectivity index (χ0n) is 17.7. The smallest absolute Gasteiger partial charge is 0.223 e. The van der Waals surface area contributed by atoms with Crippen LogP contribution in [-0.4, -0.2) is 37.1 Å². The molecular formula is C24H21N5O3. The molecule has 0 saturated heterocycles. The molecule has 1 fully saturated rings. The third kappa shape index (κ3) is 2.80. The number of aryl methyl sites for hydroxylation is 1. The topological polar surface area (TPSA) is 102 Å². The summed E-state index contributed by atoms with van der Waals surface area (Å²) in [6, 6.07) is 15.5. The first kappa shape index (κ1) is 18.7. The van der Waals surface area contributed by atoms with Gasteiger partial charge in [0.2, 0.25) is 17.6 Å². The highest BCUT2D eigenvalue weighted by molar-refractivity contribution is 6.02. The maximum absolute atomic E-state index is 11.3. The van der Waals surface area contributed by atoms with Crippen molar-refractivity contribution in [2.75, 3.05) is 7.11 Å². The number of hydrogen-bond donors (Lipinski definition) is 2. The Hall–Kier alpha value is -4.07. The number of nitrogens with one attached hydrogen (secondary N) is 1. The molecule has 3 aromatic heterocycles. The zero-order valence-corrected chi connectivity index (χ0v) is 17.7. The average Bonchev–Trinajstić information content (AvgIpc) is 3.30. The number of H-pyrrole nitrogens is 1. The van der Waals surface area contributed by atoms with Crippen LogP contribution in [0, 0.1) is 6.92 Å². The molecule has 1 aliphatic carbocycles. The SMILES string of the molecule is COc1ccccc1-c1c2c(C3CC3)n[nH]c2c(O)n1-c1ccc(-c2noc(C)n2)cc1. The number of ether oxygens (including phenoxy) is 1. The number of fused-ring (bicyclic) bond motifs is 1. The van der Waals surface area contributed by atoms with Crippen molar-refractivity contribution < 1.29 is 14.4 Å². The van der Waals surface area contributed by atoms with Gasteiger partial charge in [-0.1, -0.05) is 17.3 Å². The maximum Gasteiger partial charge on any atom is 0.223 e. The van der Waals surface area contributed by atoms with Gasteiger partial charge in [-0.15, -0.1) is 0 Å². The van der Waals surface area contributed by atoms with Gasteiger partial charge in [-0.3, -0.25) is 9.67 Å². The van der Waals surface area contributed by atoms with Gasteiger partial charge in [-0.25, -0.2) is 0 Å². The minimum atomic E-state index is 0.114. The lowest BCUT2D eigenvalue weighted by atomic mass is 10.0. The van der Waals surface area contributed by atoms with E-state index in [1.165, 1.54) is 0 Å². The number of methoxy groups -OCH3 is 1. The van der Waals surface area contributed by atoms with Gasteiger partial charge in [-0.05, 0) is 49.2 Å². The maximum atomic E-state index is 11.3. The van der Waals surface area contributed by atoms with Gasteiger partial charge >= 0.3 is 0 Å². The lowest BCUT2D eigenvalue weighted by Gasteiger charge is -2.14. The van der Waals surface area contributed by atoms with Gasteiger partial charge in [0, 0.05) is 29.7 Å². The highest BCUT2D eigenvalue weighted by Crippen LogP contribution is 2.49. The van der Waals surface area contributed by atoms with E-state index in [2.05, 4.69) is 20.3 Å². The van der Waals surface area contributed by atoms with Gasteiger partial charge in [0.25, 0.3) is 0 Å². The summed E-state index contributed by atoms with van der Waals surface area (Å²) < 4.78 is 12.6. The van der Waals surface area contributed by atoms with Gasteiger partial charge in [0.15, 0.2) is 0 Å². The number of hydrogen-bond acceptors (Lipinski definition) is 6. The Morgan fingerprint density at radius 2 is 1.91 bits per heavy atom. The van der Waals surface area contributed by atoms with E-state index in [1.807, 2.05) is 53.1 Å². The quantitative estimate of drug-likeness (QED) is 0.411. The van der Waals surface area contributed by atoms with E-state index >= 15 is 0 Å². The second kappa shape index (κ2) is 6.98. The Morgan fingerprint density at radius 1 is 1.12 bits per heavy atom. The number of para-hydroxylation sites is 1. The largest absolute Gasteiger partial charge is 0.496 e. The highest BCUT2D eigenvalue weighted by atomic mass is 16.5. The normalized spacial score (nSPS) is 13.7. The predicted molar refractivity (Wildman–Crippen MR) is 119 cm³/mol. The first-order chi connectivity index (χ1) is 15.7. The van der Waals surface area contributed by atoms with Crippen molar-refractivity contribution in [1.82, 2.24) is 24.9 Å². The highest BCUT2D eigenvalue weighted by Gasteiger charge is 2.33. The van der Waals surface area contributed by atoms with Crippen LogP contribution >= 0.6 is 0 Å². The molecule has 0 bridgehead atoms. The monoisotopic (exact) mass is 427 g/mol. The summed E-state index contributed by atoms with van der Waals surface area (Å²) in [5.74, 6) is 2.30. The fraction of sp³-hybridized carbons (Fsp3) is 0.208. The second-order valence-corrected chi connectivity index (χ2v) is 8.02. The van der Waals surface area contributed by atoms with Gasteiger partial charge in [-0.2, -0.15) is 10.1 Å². The lowest BCUT2D eigenvalue weighted by molar-refractivity contribution is 0.394. The van der Waals surface area contributed by atoms with Gasteiger partial charge in [0.1, 0.15) is 11.3 Å². The number of aromatic amines is 1. The van der Waals surface area contributed by atoms with Crippen LogP contribution in [0.3, 0.4) is 0 Å². The first-order valence-corrected chi connectivity index (χ1v) is 10.5. The molecule has 0 radical (unpaired) electrons. The van der Waals surface area contributed by atoms with Crippen molar-refractivity contribution >= 4 is 10.9 Å². The number of nitrogens with zero attached hydrogens (tertiary/aromatic N) is 4. The molecule has 3 heterocycles. The molecule has 0 aliphatic heterocycles. The molecule has 160 valence electrons. The first-order valence-electron chi connectivity index (χ1n) is 10.5. The number of aromatic hydroxyl groups is 1. The summed E-state index contributed by atoms with van der Waals surface area (Å²) in [4.78, 5) is 4.29. The average molecular weight is 427 g/mol. The van der Waals surface area contributed by atoms with Crippen LogP contribution in [0.25, 0.3) is 39.2 Å². The molecule has 0 atom stereocenters. The minimum Gasteiger partial charge on any atom is -0.496 e. The molecule has 0 spiro atoms. The summed E-state index contributed by atoms with van der Waals surface area (Å²) in [5.41, 5.74) is 5.01. The van der Waals surface area contributed by atoms with E-state index < -0.39 is 0 Å². The summed E-state index contributed by atoms with van der Waals surface area (Å²) in [5, 5.41) is 23.8. The summed E-state index contributed by atoms with van der Waals surface area (Å²) in [7, 11) is 1.65. The van der Waals surface area contributed by atoms with Gasteiger partial charge in [0.05, 0.1) is 23.9 Å². The lowest BCUT2D eigenvalue weighted by Crippen LogP contribution is -1.99. The van der Waals surface area contributed by atoms with Crippen LogP contribution in [0.5, 0.6) is 11.6 Å². The predicted octanol–water partition coefficient (Wildman–Crippen LogP) is 4.97. The molecule has 8 nitrogen and oxygen atoms in total. The molecule has 5 aromatic rings. The molecule has 2 N–H and O–H groups in total. The van der Waals surface area contributed by atoms with E-state index in [1.54, 1.807) is 14.0 Å². The molecule has 8 heteroatoms. The molecule has 1 aliphatic rings. The van der Waals surface area contributed by atoms with Crippen LogP contribution in [0.15, 0.2) is 53.1 Å². The Morgan fingerprint density at radius 3 is 2.59 bits per heavy atom. The van der Waals surface area contributed by atoms with Crippen molar-refractivity contribution in [3.05, 3.63) is 60.1 Å². The fourth-order valence-corrected chi connectivity index (χ4v) is 4.26. The summed E-state index contributed by atoms with van der Waals surface area (Å²) in [6.07, 6.45) is 2.21. The zero-order chi connectivity index (χ0) is 21.8. The Kier molecular flexibility index (Phi) is 4.07. The van der Waals surface area contributed by atoms with Crippen LogP contribution in [-0.2, 0) is 0 Å². The standard InChI is InChI=1S/C24H21N5O3/c1-13-25-23(28-32-13)15-9-11-16(12-10-15)29-22(17-5-3-4-6-18(17)31-2)19-20(14-7-8-14)26-27-21(19)24(29)30/h3-6,9-12,14,27,30H,7-8H2,1-2H3. The van der Waals surface area contributed by atoms with E-state index in [0.29, 0.717) is 23.1 Å². The van der Waals surface area contributed by atoms with E-state index in [0.717, 1.165) is 52.2 Å². The molecule has 0 unspecified atom stereocenters. The van der Waals surface area contributed by atoms with Crippen LogP contribution < -0.4 is 4.74 Å². The van der Waals surface area contributed by atoms with E-state index in [9.17, 15) is 5.11 Å². The van der Waals surface area contributed by atoms with Gasteiger partial charge < -0.3 is 14.4 Å². The summed E-state index contributed by atoms with van der Waals surface area (Å²) in [6.45, 7) is 1.76. The van der Waals surface area contributed by atoms with E-state index in [4.69, 9.17) is 9.26 Å². The molecular weight excluding hydrogens is 406 g/mol. The minimum absolute atomic E-state index is 0.114. The summed E-state index contributed by atoms with van der Waals surface area (Å²) >= 11 is 0. The van der Waals surface area contributed by atoms with Crippen molar-refractivity contribution in [1.29, 1.82) is 0 Å². The number of rotatable bonds is 5. The van der Waals surface area contributed by atoms with Crippen LogP contribution in [0.4, 0.5) is 0 Å². The Bertz CT molecular complexity index is 1440. The molecule has 32 heavy (non-hydrogen) atoms.